The van der Waals surface area contributed by atoms with Gasteiger partial charge in [-0.1, -0.05) is 32.1 Å². The van der Waals surface area contributed by atoms with Crippen LogP contribution in [0.3, 0.4) is 0 Å². The summed E-state index contributed by atoms with van der Waals surface area (Å²) >= 11 is 0. The molecule has 0 spiro atoms. The number of amides is 2. The van der Waals surface area contributed by atoms with E-state index >= 15 is 0 Å². The summed E-state index contributed by atoms with van der Waals surface area (Å²) in [5.41, 5.74) is 0.412. The highest BCUT2D eigenvalue weighted by molar-refractivity contribution is 5.74. The molecule has 0 saturated heterocycles. The van der Waals surface area contributed by atoms with Gasteiger partial charge in [-0.2, -0.15) is 0 Å². The van der Waals surface area contributed by atoms with Gasteiger partial charge >= 0.3 is 6.03 Å². The average molecular weight is 333 g/mol. The second kappa shape index (κ2) is 6.88. The Balaban J connectivity index is 1.23. The first kappa shape index (κ1) is 16.7. The maximum Gasteiger partial charge on any atom is 0.315 e. The quantitative estimate of drug-likeness (QED) is 0.741. The lowest BCUT2D eigenvalue weighted by Crippen LogP contribution is -2.57. The molecule has 3 heteroatoms. The number of carbonyl (C=O) groups excluding carboxylic acids is 1. The van der Waals surface area contributed by atoms with Crippen molar-refractivity contribution < 1.29 is 4.79 Å². The van der Waals surface area contributed by atoms with Gasteiger partial charge in [0.05, 0.1) is 0 Å². The van der Waals surface area contributed by atoms with Gasteiger partial charge in [0.1, 0.15) is 0 Å². The molecule has 5 rings (SSSR count). The summed E-state index contributed by atoms with van der Waals surface area (Å²) in [5.74, 6) is 3.71. The fourth-order valence-corrected chi connectivity index (χ4v) is 6.97. The lowest BCUT2D eigenvalue weighted by molar-refractivity contribution is -0.0682. The first-order chi connectivity index (χ1) is 11.6. The Morgan fingerprint density at radius 2 is 1.58 bits per heavy atom. The van der Waals surface area contributed by atoms with Gasteiger partial charge in [-0.3, -0.25) is 0 Å². The Hall–Kier alpha value is -0.730. The van der Waals surface area contributed by atoms with Crippen LogP contribution in [0.2, 0.25) is 0 Å². The van der Waals surface area contributed by atoms with Crippen LogP contribution in [0.4, 0.5) is 4.79 Å². The summed E-state index contributed by atoms with van der Waals surface area (Å²) < 4.78 is 0. The molecule has 24 heavy (non-hydrogen) atoms. The van der Waals surface area contributed by atoms with Crippen molar-refractivity contribution in [3.8, 4) is 0 Å². The van der Waals surface area contributed by atoms with Crippen LogP contribution in [0.25, 0.3) is 0 Å². The van der Waals surface area contributed by atoms with E-state index in [1.54, 1.807) is 0 Å². The smallest absolute Gasteiger partial charge is 0.315 e. The Bertz CT molecular complexity index is 419. The van der Waals surface area contributed by atoms with Crippen molar-refractivity contribution in [2.75, 3.05) is 6.54 Å². The van der Waals surface area contributed by atoms with Crippen LogP contribution >= 0.6 is 0 Å². The predicted molar refractivity (Wildman–Crippen MR) is 97.8 cm³/mol. The minimum Gasteiger partial charge on any atom is -0.338 e. The normalized spacial score (nSPS) is 39.6. The molecule has 0 aromatic heterocycles. The van der Waals surface area contributed by atoms with Crippen LogP contribution in [0, 0.1) is 29.1 Å². The van der Waals surface area contributed by atoms with E-state index in [2.05, 4.69) is 17.6 Å². The first-order valence-corrected chi connectivity index (χ1v) is 10.7. The molecule has 0 heterocycles. The van der Waals surface area contributed by atoms with Gasteiger partial charge in [0.2, 0.25) is 0 Å². The second-order valence-corrected chi connectivity index (χ2v) is 9.69. The molecule has 0 aromatic carbocycles. The first-order valence-electron chi connectivity index (χ1n) is 10.7. The summed E-state index contributed by atoms with van der Waals surface area (Å²) in [4.78, 5) is 12.4. The molecule has 5 aliphatic rings. The van der Waals surface area contributed by atoms with E-state index < -0.39 is 0 Å². The molecule has 1 atom stereocenters. The molecule has 136 valence electrons. The average Bonchev–Trinajstić information content (AvgIpc) is 2.54. The highest BCUT2D eigenvalue weighted by Crippen LogP contribution is 2.61. The third kappa shape index (κ3) is 3.46. The molecule has 4 bridgehead atoms. The molecule has 0 aromatic rings. The maximum atomic E-state index is 12.4. The number of urea groups is 1. The third-order valence-corrected chi connectivity index (χ3v) is 7.91. The van der Waals surface area contributed by atoms with Crippen molar-refractivity contribution in [1.82, 2.24) is 10.6 Å². The summed E-state index contributed by atoms with van der Waals surface area (Å²) in [6.07, 6.45) is 16.6. The summed E-state index contributed by atoms with van der Waals surface area (Å²) in [5, 5.41) is 6.47. The standard InChI is InChI=1S/C21H36N2O/c1-15(21-12-17-9-18(13-21)11-19(10-17)14-21)23-20(24)22-8-7-16-5-3-2-4-6-16/h15-19H,2-14H2,1H3,(H2,22,23,24). The second-order valence-electron chi connectivity index (χ2n) is 9.69. The number of carbonyl (C=O) groups is 1. The maximum absolute atomic E-state index is 12.4. The van der Waals surface area contributed by atoms with Crippen LogP contribution < -0.4 is 10.6 Å². The van der Waals surface area contributed by atoms with Crippen LogP contribution in [-0.4, -0.2) is 18.6 Å². The Kier molecular flexibility index (Phi) is 4.79. The molecule has 5 saturated carbocycles. The largest absolute Gasteiger partial charge is 0.338 e. The van der Waals surface area contributed by atoms with E-state index in [1.165, 1.54) is 77.0 Å². The lowest BCUT2D eigenvalue weighted by atomic mass is 9.48. The third-order valence-electron chi connectivity index (χ3n) is 7.91. The number of hydrogen-bond donors (Lipinski definition) is 2. The molecular weight excluding hydrogens is 296 g/mol. The summed E-state index contributed by atoms with van der Waals surface area (Å²) in [6.45, 7) is 3.12. The van der Waals surface area contributed by atoms with E-state index in [1.807, 2.05) is 0 Å². The Morgan fingerprint density at radius 3 is 2.17 bits per heavy atom. The van der Waals surface area contributed by atoms with E-state index in [-0.39, 0.29) is 6.03 Å². The van der Waals surface area contributed by atoms with Crippen LogP contribution in [-0.2, 0) is 0 Å². The fraction of sp³-hybridized carbons (Fsp3) is 0.952. The minimum absolute atomic E-state index is 0.0778. The zero-order chi connectivity index (χ0) is 16.6. The van der Waals surface area contributed by atoms with Crippen molar-refractivity contribution in [2.24, 2.45) is 29.1 Å². The monoisotopic (exact) mass is 332 g/mol. The molecule has 0 radical (unpaired) electrons. The molecule has 1 unspecified atom stereocenters. The predicted octanol–water partition coefficient (Wildman–Crippen LogP) is 4.86. The van der Waals surface area contributed by atoms with Gasteiger partial charge in [0, 0.05) is 12.6 Å². The van der Waals surface area contributed by atoms with Crippen LogP contribution in [0.1, 0.15) is 84.0 Å². The van der Waals surface area contributed by atoms with Crippen molar-refractivity contribution in [3.05, 3.63) is 0 Å². The molecule has 5 fully saturated rings. The van der Waals surface area contributed by atoms with Crippen molar-refractivity contribution >= 4 is 6.03 Å². The van der Waals surface area contributed by atoms with Gasteiger partial charge in [-0.15, -0.1) is 0 Å². The van der Waals surface area contributed by atoms with E-state index in [0.717, 1.165) is 30.2 Å². The Morgan fingerprint density at radius 1 is 1.00 bits per heavy atom. The van der Waals surface area contributed by atoms with Crippen molar-refractivity contribution in [1.29, 1.82) is 0 Å². The van der Waals surface area contributed by atoms with E-state index in [4.69, 9.17) is 0 Å². The molecular formula is C21H36N2O. The summed E-state index contributed by atoms with van der Waals surface area (Å²) in [6, 6.07) is 0.412. The van der Waals surface area contributed by atoms with E-state index in [0.29, 0.717) is 11.5 Å². The minimum atomic E-state index is 0.0778. The van der Waals surface area contributed by atoms with Crippen molar-refractivity contribution in [3.63, 3.8) is 0 Å². The number of nitrogens with one attached hydrogen (secondary N) is 2. The topological polar surface area (TPSA) is 41.1 Å². The lowest BCUT2D eigenvalue weighted by Gasteiger charge is -2.59. The highest BCUT2D eigenvalue weighted by atomic mass is 16.2. The van der Waals surface area contributed by atoms with Gasteiger partial charge in [0.15, 0.2) is 0 Å². The van der Waals surface area contributed by atoms with Crippen LogP contribution in [0.15, 0.2) is 0 Å². The summed E-state index contributed by atoms with van der Waals surface area (Å²) in [7, 11) is 0. The van der Waals surface area contributed by atoms with E-state index in [9.17, 15) is 4.79 Å². The molecule has 3 nitrogen and oxygen atoms in total. The van der Waals surface area contributed by atoms with Crippen molar-refractivity contribution in [2.45, 2.75) is 90.0 Å². The zero-order valence-electron chi connectivity index (χ0n) is 15.5. The Labute approximate surface area is 147 Å². The van der Waals surface area contributed by atoms with Gasteiger partial charge in [0.25, 0.3) is 0 Å². The zero-order valence-corrected chi connectivity index (χ0v) is 15.5. The number of hydrogen-bond acceptors (Lipinski definition) is 1. The molecule has 5 aliphatic carbocycles. The van der Waals surface area contributed by atoms with Gasteiger partial charge in [-0.05, 0) is 81.0 Å². The highest BCUT2D eigenvalue weighted by Gasteiger charge is 2.53. The molecule has 2 amide bonds. The fourth-order valence-electron chi connectivity index (χ4n) is 6.97. The molecule has 2 N–H and O–H groups in total. The van der Waals surface area contributed by atoms with Gasteiger partial charge in [-0.25, -0.2) is 4.79 Å². The number of rotatable bonds is 5. The van der Waals surface area contributed by atoms with Gasteiger partial charge < -0.3 is 10.6 Å². The SMILES string of the molecule is CC(NC(=O)NCCC1CCCCC1)C12CC3CC(CC(C3)C1)C2. The van der Waals surface area contributed by atoms with Crippen LogP contribution in [0.5, 0.6) is 0 Å². The molecule has 0 aliphatic heterocycles.